The van der Waals surface area contributed by atoms with E-state index < -0.39 is 0 Å². The number of carbonyl (C=O) groups excluding carboxylic acids is 1. The van der Waals surface area contributed by atoms with Crippen LogP contribution in [-0.4, -0.2) is 21.5 Å². The highest BCUT2D eigenvalue weighted by molar-refractivity contribution is 5.75. The van der Waals surface area contributed by atoms with Gasteiger partial charge in [0.2, 0.25) is 5.91 Å². The van der Waals surface area contributed by atoms with Crippen LogP contribution < -0.4 is 5.32 Å². The predicted molar refractivity (Wildman–Crippen MR) is 63.9 cm³/mol. The first-order valence-electron chi connectivity index (χ1n) is 5.83. The molecule has 16 heavy (non-hydrogen) atoms. The van der Waals surface area contributed by atoms with Gasteiger partial charge < -0.3 is 9.88 Å². The minimum absolute atomic E-state index is 0.0502. The van der Waals surface area contributed by atoms with E-state index in [0.29, 0.717) is 12.5 Å². The molecule has 0 saturated carbocycles. The van der Waals surface area contributed by atoms with Crippen molar-refractivity contribution in [1.82, 2.24) is 14.9 Å². The summed E-state index contributed by atoms with van der Waals surface area (Å²) in [6, 6.07) is 0.249. The van der Waals surface area contributed by atoms with E-state index in [-0.39, 0.29) is 11.9 Å². The largest absolute Gasteiger partial charge is 0.352 e. The molecule has 0 aliphatic carbocycles. The molecule has 1 rings (SSSR count). The number of nitrogens with zero attached hydrogens (tertiary/aromatic N) is 2. The lowest BCUT2D eigenvalue weighted by molar-refractivity contribution is -0.122. The summed E-state index contributed by atoms with van der Waals surface area (Å²) in [7, 11) is 0. The van der Waals surface area contributed by atoms with Gasteiger partial charge in [-0.1, -0.05) is 13.8 Å². The molecule has 0 fully saturated rings. The molecule has 0 spiro atoms. The summed E-state index contributed by atoms with van der Waals surface area (Å²) < 4.78 is 1.77. The van der Waals surface area contributed by atoms with E-state index in [0.717, 1.165) is 12.8 Å². The Morgan fingerprint density at radius 3 is 2.69 bits per heavy atom. The molecule has 4 heteroatoms. The second-order valence-corrected chi connectivity index (χ2v) is 4.67. The number of imidazole rings is 1. The van der Waals surface area contributed by atoms with Crippen molar-refractivity contribution in [2.75, 3.05) is 0 Å². The maximum atomic E-state index is 11.6. The number of hydrogen-bond donors (Lipinski definition) is 1. The molecule has 1 aromatic rings. The summed E-state index contributed by atoms with van der Waals surface area (Å²) in [5.41, 5.74) is 0. The van der Waals surface area contributed by atoms with Crippen LogP contribution in [0.3, 0.4) is 0 Å². The van der Waals surface area contributed by atoms with Crippen molar-refractivity contribution in [3.8, 4) is 0 Å². The smallest absolute Gasteiger partial charge is 0.240 e. The van der Waals surface area contributed by atoms with Crippen LogP contribution in [0.15, 0.2) is 18.7 Å². The molecule has 1 N–H and O–H groups in total. The normalized spacial score (nSPS) is 12.8. The van der Waals surface area contributed by atoms with E-state index in [1.807, 2.05) is 6.92 Å². The summed E-state index contributed by atoms with van der Waals surface area (Å²) in [6.07, 6.45) is 7.30. The molecule has 1 aromatic heterocycles. The van der Waals surface area contributed by atoms with Crippen molar-refractivity contribution >= 4 is 5.91 Å². The molecular formula is C12H21N3O. The zero-order valence-corrected chi connectivity index (χ0v) is 10.3. The topological polar surface area (TPSA) is 46.9 Å². The maximum Gasteiger partial charge on any atom is 0.240 e. The fourth-order valence-corrected chi connectivity index (χ4v) is 1.52. The van der Waals surface area contributed by atoms with Crippen molar-refractivity contribution in [3.63, 3.8) is 0 Å². The quantitative estimate of drug-likeness (QED) is 0.799. The van der Waals surface area contributed by atoms with Crippen LogP contribution in [0.5, 0.6) is 0 Å². The highest BCUT2D eigenvalue weighted by atomic mass is 16.2. The van der Waals surface area contributed by atoms with Gasteiger partial charge in [-0.3, -0.25) is 4.79 Å². The number of rotatable bonds is 6. The molecule has 90 valence electrons. The number of aromatic nitrogens is 2. The number of amides is 1. The average Bonchev–Trinajstić information content (AvgIpc) is 2.67. The van der Waals surface area contributed by atoms with Crippen LogP contribution in [0.25, 0.3) is 0 Å². The van der Waals surface area contributed by atoms with Gasteiger partial charge in [-0.2, -0.15) is 0 Å². The van der Waals surface area contributed by atoms with E-state index in [2.05, 4.69) is 24.1 Å². The Kier molecular flexibility index (Phi) is 5.02. The van der Waals surface area contributed by atoms with Gasteiger partial charge in [0.25, 0.3) is 0 Å². The molecule has 0 aromatic carbocycles. The first kappa shape index (κ1) is 12.7. The fraction of sp³-hybridized carbons (Fsp3) is 0.667. The molecule has 0 bridgehead atoms. The highest BCUT2D eigenvalue weighted by Crippen LogP contribution is 2.06. The van der Waals surface area contributed by atoms with Crippen LogP contribution in [-0.2, 0) is 11.3 Å². The average molecular weight is 223 g/mol. The maximum absolute atomic E-state index is 11.6. The third-order valence-corrected chi connectivity index (χ3v) is 2.47. The van der Waals surface area contributed by atoms with Crippen LogP contribution in [0.1, 0.15) is 33.6 Å². The van der Waals surface area contributed by atoms with Gasteiger partial charge >= 0.3 is 0 Å². The van der Waals surface area contributed by atoms with Crippen molar-refractivity contribution in [1.29, 1.82) is 0 Å². The Morgan fingerprint density at radius 2 is 2.12 bits per heavy atom. The summed E-state index contributed by atoms with van der Waals surface area (Å²) in [6.45, 7) is 6.79. The lowest BCUT2D eigenvalue weighted by atomic mass is 10.0. The Hall–Kier alpha value is -1.32. The molecule has 1 amide bonds. The van der Waals surface area contributed by atoms with Crippen LogP contribution in [0.2, 0.25) is 0 Å². The zero-order valence-electron chi connectivity index (χ0n) is 10.3. The van der Waals surface area contributed by atoms with Gasteiger partial charge in [-0.05, 0) is 25.7 Å². The first-order valence-corrected chi connectivity index (χ1v) is 5.83. The molecular weight excluding hydrogens is 202 g/mol. The van der Waals surface area contributed by atoms with E-state index in [4.69, 9.17) is 0 Å². The standard InChI is InChI=1S/C12H21N3O/c1-10(2)4-5-11(3)14-12(16)8-15-7-6-13-9-15/h6-7,9-11H,4-5,8H2,1-3H3,(H,14,16)/t11-/m1/s1. The molecule has 0 aliphatic rings. The van der Waals surface area contributed by atoms with Gasteiger partial charge in [-0.15, -0.1) is 0 Å². The van der Waals surface area contributed by atoms with Gasteiger partial charge in [0.05, 0.1) is 6.33 Å². The second kappa shape index (κ2) is 6.30. The third-order valence-electron chi connectivity index (χ3n) is 2.47. The second-order valence-electron chi connectivity index (χ2n) is 4.67. The lowest BCUT2D eigenvalue weighted by Crippen LogP contribution is -2.35. The first-order chi connectivity index (χ1) is 7.58. The zero-order chi connectivity index (χ0) is 12.0. The van der Waals surface area contributed by atoms with Gasteiger partial charge in [-0.25, -0.2) is 4.98 Å². The highest BCUT2D eigenvalue weighted by Gasteiger charge is 2.08. The Bertz CT molecular complexity index is 306. The molecule has 1 heterocycles. The van der Waals surface area contributed by atoms with Gasteiger partial charge in [0.15, 0.2) is 0 Å². The van der Waals surface area contributed by atoms with E-state index in [1.54, 1.807) is 23.3 Å². The molecule has 0 aliphatic heterocycles. The Labute approximate surface area is 97.1 Å². The molecule has 4 nitrogen and oxygen atoms in total. The van der Waals surface area contributed by atoms with Crippen molar-refractivity contribution in [2.24, 2.45) is 5.92 Å². The summed E-state index contributed by atoms with van der Waals surface area (Å²) in [5.74, 6) is 0.738. The number of hydrogen-bond acceptors (Lipinski definition) is 2. The van der Waals surface area contributed by atoms with Crippen LogP contribution >= 0.6 is 0 Å². The Morgan fingerprint density at radius 1 is 1.38 bits per heavy atom. The van der Waals surface area contributed by atoms with E-state index in [1.165, 1.54) is 0 Å². The third kappa shape index (κ3) is 4.96. The monoisotopic (exact) mass is 223 g/mol. The van der Waals surface area contributed by atoms with Crippen molar-refractivity contribution in [3.05, 3.63) is 18.7 Å². The van der Waals surface area contributed by atoms with Crippen molar-refractivity contribution < 1.29 is 4.79 Å². The molecule has 0 radical (unpaired) electrons. The van der Waals surface area contributed by atoms with Crippen LogP contribution in [0.4, 0.5) is 0 Å². The lowest BCUT2D eigenvalue weighted by Gasteiger charge is -2.15. The van der Waals surface area contributed by atoms with E-state index >= 15 is 0 Å². The molecule has 0 saturated heterocycles. The molecule has 0 unspecified atom stereocenters. The predicted octanol–water partition coefficient (Wildman–Crippen LogP) is 1.82. The van der Waals surface area contributed by atoms with Crippen LogP contribution in [0, 0.1) is 5.92 Å². The van der Waals surface area contributed by atoms with E-state index in [9.17, 15) is 4.79 Å². The minimum atomic E-state index is 0.0502. The summed E-state index contributed by atoms with van der Waals surface area (Å²) in [5, 5.41) is 2.99. The molecule has 1 atom stereocenters. The summed E-state index contributed by atoms with van der Waals surface area (Å²) in [4.78, 5) is 15.5. The SMILES string of the molecule is CC(C)CC[C@@H](C)NC(=O)Cn1ccnc1. The number of nitrogens with one attached hydrogen (secondary N) is 1. The van der Waals surface area contributed by atoms with Gasteiger partial charge in [0, 0.05) is 18.4 Å². The number of carbonyl (C=O) groups is 1. The minimum Gasteiger partial charge on any atom is -0.352 e. The van der Waals surface area contributed by atoms with Crippen molar-refractivity contribution in [2.45, 2.75) is 46.2 Å². The van der Waals surface area contributed by atoms with Gasteiger partial charge in [0.1, 0.15) is 6.54 Å². The summed E-state index contributed by atoms with van der Waals surface area (Å²) >= 11 is 0. The Balaban J connectivity index is 2.23. The fourth-order valence-electron chi connectivity index (χ4n) is 1.52.